The van der Waals surface area contributed by atoms with Crippen molar-refractivity contribution in [2.45, 2.75) is 13.3 Å². The standard InChI is InChI=1S/C15H13FN2O3/c1-10-8-14(18-21-10)15(20)17-13-6-5-11(9-12(13)16)4-2-3-7-19/h5-6,8-9,19H,3,7H2,1H3,(H,17,20). The number of benzene rings is 1. The summed E-state index contributed by atoms with van der Waals surface area (Å²) in [4.78, 5) is 11.8. The van der Waals surface area contributed by atoms with E-state index in [1.165, 1.54) is 18.2 Å². The fraction of sp³-hybridized carbons (Fsp3) is 0.200. The highest BCUT2D eigenvalue weighted by molar-refractivity contribution is 6.02. The van der Waals surface area contributed by atoms with Crippen molar-refractivity contribution >= 4 is 11.6 Å². The Kier molecular flexibility index (Phi) is 4.69. The molecule has 0 spiro atoms. The molecule has 0 bridgehead atoms. The van der Waals surface area contributed by atoms with Crippen LogP contribution in [0, 0.1) is 24.6 Å². The molecule has 0 unspecified atom stereocenters. The summed E-state index contributed by atoms with van der Waals surface area (Å²) in [5.74, 6) is 4.75. The Morgan fingerprint density at radius 1 is 1.48 bits per heavy atom. The molecule has 0 saturated heterocycles. The van der Waals surface area contributed by atoms with E-state index < -0.39 is 11.7 Å². The smallest absolute Gasteiger partial charge is 0.277 e. The van der Waals surface area contributed by atoms with Gasteiger partial charge >= 0.3 is 0 Å². The van der Waals surface area contributed by atoms with E-state index in [2.05, 4.69) is 22.3 Å². The van der Waals surface area contributed by atoms with Crippen LogP contribution in [-0.4, -0.2) is 22.8 Å². The van der Waals surface area contributed by atoms with E-state index in [9.17, 15) is 9.18 Å². The van der Waals surface area contributed by atoms with Crippen LogP contribution >= 0.6 is 0 Å². The van der Waals surface area contributed by atoms with Gasteiger partial charge in [-0.3, -0.25) is 4.79 Å². The average molecular weight is 288 g/mol. The fourth-order valence-electron chi connectivity index (χ4n) is 1.57. The number of halogens is 1. The van der Waals surface area contributed by atoms with Gasteiger partial charge in [-0.15, -0.1) is 0 Å². The van der Waals surface area contributed by atoms with E-state index in [1.54, 1.807) is 13.0 Å². The molecule has 1 aromatic heterocycles. The Labute approximate surface area is 120 Å². The van der Waals surface area contributed by atoms with Gasteiger partial charge in [-0.2, -0.15) is 0 Å². The van der Waals surface area contributed by atoms with Gasteiger partial charge in [-0.25, -0.2) is 4.39 Å². The molecule has 1 heterocycles. The van der Waals surface area contributed by atoms with E-state index in [0.29, 0.717) is 17.7 Å². The van der Waals surface area contributed by atoms with Gasteiger partial charge in [0, 0.05) is 18.1 Å². The van der Waals surface area contributed by atoms with Crippen LogP contribution in [0.15, 0.2) is 28.8 Å². The molecule has 0 atom stereocenters. The summed E-state index contributed by atoms with van der Waals surface area (Å²) in [7, 11) is 0. The summed E-state index contributed by atoms with van der Waals surface area (Å²) in [6.07, 6.45) is 0.325. The van der Waals surface area contributed by atoms with Crippen LogP contribution in [0.4, 0.5) is 10.1 Å². The van der Waals surface area contributed by atoms with E-state index in [-0.39, 0.29) is 18.0 Å². The van der Waals surface area contributed by atoms with Crippen molar-refractivity contribution in [1.29, 1.82) is 0 Å². The van der Waals surface area contributed by atoms with Gasteiger partial charge in [0.05, 0.1) is 12.3 Å². The monoisotopic (exact) mass is 288 g/mol. The zero-order valence-corrected chi connectivity index (χ0v) is 11.3. The molecule has 21 heavy (non-hydrogen) atoms. The third kappa shape index (κ3) is 3.91. The van der Waals surface area contributed by atoms with E-state index >= 15 is 0 Å². The molecule has 2 rings (SSSR count). The van der Waals surface area contributed by atoms with Crippen molar-refractivity contribution in [3.05, 3.63) is 47.1 Å². The first-order valence-electron chi connectivity index (χ1n) is 6.24. The summed E-state index contributed by atoms with van der Waals surface area (Å²) in [6, 6.07) is 5.68. The molecule has 5 nitrogen and oxygen atoms in total. The summed E-state index contributed by atoms with van der Waals surface area (Å²) in [6.45, 7) is 1.62. The highest BCUT2D eigenvalue weighted by Gasteiger charge is 2.13. The lowest BCUT2D eigenvalue weighted by atomic mass is 10.2. The number of aliphatic hydroxyl groups excluding tert-OH is 1. The van der Waals surface area contributed by atoms with Gasteiger partial charge in [0.2, 0.25) is 0 Å². The second kappa shape index (κ2) is 6.68. The average Bonchev–Trinajstić information content (AvgIpc) is 2.89. The molecular weight excluding hydrogens is 275 g/mol. The Bertz CT molecular complexity index is 713. The third-order valence-electron chi connectivity index (χ3n) is 2.55. The van der Waals surface area contributed by atoms with Crippen molar-refractivity contribution in [3.8, 4) is 11.8 Å². The van der Waals surface area contributed by atoms with Crippen LogP contribution in [0.3, 0.4) is 0 Å². The lowest BCUT2D eigenvalue weighted by Crippen LogP contribution is -2.13. The topological polar surface area (TPSA) is 75.4 Å². The number of rotatable bonds is 3. The maximum atomic E-state index is 13.9. The van der Waals surface area contributed by atoms with Crippen molar-refractivity contribution < 1.29 is 18.8 Å². The van der Waals surface area contributed by atoms with Crippen LogP contribution in [-0.2, 0) is 0 Å². The van der Waals surface area contributed by atoms with E-state index in [0.717, 1.165) is 0 Å². The molecule has 0 aliphatic carbocycles. The molecule has 2 N–H and O–H groups in total. The zero-order chi connectivity index (χ0) is 15.2. The number of aromatic nitrogens is 1. The van der Waals surface area contributed by atoms with Gasteiger partial charge in [-0.1, -0.05) is 17.0 Å². The van der Waals surface area contributed by atoms with Crippen molar-refractivity contribution in [1.82, 2.24) is 5.16 Å². The highest BCUT2D eigenvalue weighted by Crippen LogP contribution is 2.16. The molecule has 0 aliphatic rings. The Balaban J connectivity index is 2.11. The maximum Gasteiger partial charge on any atom is 0.277 e. The minimum Gasteiger partial charge on any atom is -0.395 e. The van der Waals surface area contributed by atoms with Crippen LogP contribution < -0.4 is 5.32 Å². The zero-order valence-electron chi connectivity index (χ0n) is 11.3. The first-order valence-corrected chi connectivity index (χ1v) is 6.24. The second-order valence-corrected chi connectivity index (χ2v) is 4.25. The summed E-state index contributed by atoms with van der Waals surface area (Å²) in [5.41, 5.74) is 0.586. The van der Waals surface area contributed by atoms with Crippen molar-refractivity contribution in [2.24, 2.45) is 0 Å². The number of amides is 1. The van der Waals surface area contributed by atoms with Gasteiger partial charge < -0.3 is 14.9 Å². The first-order chi connectivity index (χ1) is 10.1. The number of aliphatic hydroxyl groups is 1. The fourth-order valence-corrected chi connectivity index (χ4v) is 1.57. The Morgan fingerprint density at radius 3 is 2.90 bits per heavy atom. The molecule has 108 valence electrons. The van der Waals surface area contributed by atoms with Crippen molar-refractivity contribution in [2.75, 3.05) is 11.9 Å². The van der Waals surface area contributed by atoms with Crippen LogP contribution in [0.1, 0.15) is 28.2 Å². The number of aryl methyl sites for hydroxylation is 1. The number of nitrogens with zero attached hydrogens (tertiary/aromatic N) is 1. The molecule has 1 aromatic carbocycles. The molecule has 0 fully saturated rings. The van der Waals surface area contributed by atoms with Gasteiger partial charge in [0.1, 0.15) is 11.6 Å². The van der Waals surface area contributed by atoms with E-state index in [4.69, 9.17) is 9.63 Å². The predicted octanol–water partition coefficient (Wildman–Crippen LogP) is 2.11. The second-order valence-electron chi connectivity index (χ2n) is 4.25. The summed E-state index contributed by atoms with van der Waals surface area (Å²) < 4.78 is 18.6. The van der Waals surface area contributed by atoms with Crippen molar-refractivity contribution in [3.63, 3.8) is 0 Å². The lowest BCUT2D eigenvalue weighted by molar-refractivity contribution is 0.101. The number of hydrogen-bond donors (Lipinski definition) is 2. The SMILES string of the molecule is Cc1cc(C(=O)Nc2ccc(C#CCCO)cc2F)no1. The van der Waals surface area contributed by atoms with Crippen LogP contribution in [0.5, 0.6) is 0 Å². The van der Waals surface area contributed by atoms with Crippen LogP contribution in [0.2, 0.25) is 0 Å². The van der Waals surface area contributed by atoms with E-state index in [1.807, 2.05) is 0 Å². The summed E-state index contributed by atoms with van der Waals surface area (Å²) in [5, 5.41) is 14.6. The highest BCUT2D eigenvalue weighted by atomic mass is 19.1. The third-order valence-corrected chi connectivity index (χ3v) is 2.55. The largest absolute Gasteiger partial charge is 0.395 e. The quantitative estimate of drug-likeness (QED) is 0.848. The molecule has 1 amide bonds. The predicted molar refractivity (Wildman–Crippen MR) is 74.2 cm³/mol. The Morgan fingerprint density at radius 2 is 2.29 bits per heavy atom. The Hall–Kier alpha value is -2.65. The van der Waals surface area contributed by atoms with Crippen LogP contribution in [0.25, 0.3) is 0 Å². The minimum absolute atomic E-state index is 0.0355. The molecular formula is C15H13FN2O3. The molecule has 6 heteroatoms. The molecule has 2 aromatic rings. The lowest BCUT2D eigenvalue weighted by Gasteiger charge is -2.04. The minimum atomic E-state index is -0.598. The normalized spacial score (nSPS) is 9.86. The molecule has 0 saturated carbocycles. The summed E-state index contributed by atoms with van der Waals surface area (Å²) >= 11 is 0. The van der Waals surface area contributed by atoms with Gasteiger partial charge in [0.15, 0.2) is 5.69 Å². The number of hydrogen-bond acceptors (Lipinski definition) is 4. The number of carbonyl (C=O) groups is 1. The molecule has 0 radical (unpaired) electrons. The first kappa shape index (κ1) is 14.8. The van der Waals surface area contributed by atoms with Gasteiger partial charge in [-0.05, 0) is 25.1 Å². The number of anilines is 1. The van der Waals surface area contributed by atoms with Gasteiger partial charge in [0.25, 0.3) is 5.91 Å². The number of carbonyl (C=O) groups excluding carboxylic acids is 1. The number of nitrogens with one attached hydrogen (secondary N) is 1. The molecule has 0 aliphatic heterocycles. The maximum absolute atomic E-state index is 13.9.